The van der Waals surface area contributed by atoms with Crippen LogP contribution in [0.25, 0.3) is 16.2 Å². The van der Waals surface area contributed by atoms with E-state index in [1.54, 1.807) is 15.9 Å². The van der Waals surface area contributed by atoms with Crippen molar-refractivity contribution in [2.24, 2.45) is 0 Å². The van der Waals surface area contributed by atoms with Gasteiger partial charge < -0.3 is 0 Å². The van der Waals surface area contributed by atoms with Crippen molar-refractivity contribution < 1.29 is 0 Å². The van der Waals surface area contributed by atoms with Crippen LogP contribution in [-0.4, -0.2) is 14.6 Å². The molecule has 5 heteroatoms. The molecule has 0 saturated carbocycles. The van der Waals surface area contributed by atoms with Gasteiger partial charge in [0.15, 0.2) is 5.69 Å². The normalized spacial score (nSPS) is 11.8. The highest BCUT2D eigenvalue weighted by Gasteiger charge is 2.24. The molecule has 0 aliphatic heterocycles. The fourth-order valence-corrected chi connectivity index (χ4v) is 3.38. The molecule has 2 heterocycles. The number of imidazole rings is 1. The van der Waals surface area contributed by atoms with Gasteiger partial charge in [0, 0.05) is 11.0 Å². The summed E-state index contributed by atoms with van der Waals surface area (Å²) in [5.41, 5.74) is 4.51. The lowest BCUT2D eigenvalue weighted by atomic mass is 9.98. The summed E-state index contributed by atoms with van der Waals surface area (Å²) in [5.74, 6) is 0. The third-order valence-electron chi connectivity index (χ3n) is 3.59. The number of nitriles is 1. The lowest BCUT2D eigenvalue weighted by molar-refractivity contribution is 0.573. The van der Waals surface area contributed by atoms with Crippen LogP contribution in [0.15, 0.2) is 18.2 Å². The predicted octanol–water partition coefficient (Wildman–Crippen LogP) is 4.24. The molecule has 0 fully saturated rings. The zero-order valence-electron chi connectivity index (χ0n) is 13.4. The monoisotopic (exact) mass is 310 g/mol. The number of hydrogen-bond acceptors (Lipinski definition) is 4. The maximum atomic E-state index is 9.58. The highest BCUT2D eigenvalue weighted by Crippen LogP contribution is 2.32. The third-order valence-corrected chi connectivity index (χ3v) is 4.92. The molecule has 2 aromatic heterocycles. The van der Waals surface area contributed by atoms with Crippen molar-refractivity contribution in [3.8, 4) is 17.3 Å². The first kappa shape index (κ1) is 14.7. The number of rotatable bonds is 1. The van der Waals surface area contributed by atoms with Crippen molar-refractivity contribution in [1.29, 1.82) is 5.26 Å². The second-order valence-corrected chi connectivity index (χ2v) is 7.55. The van der Waals surface area contributed by atoms with Crippen LogP contribution in [0.4, 0.5) is 0 Å². The third kappa shape index (κ3) is 2.30. The SMILES string of the molecule is Cc1ccc(-c2nc3sc(C(C)(C)C)nn3c2C#N)c(C)c1. The van der Waals surface area contributed by atoms with Gasteiger partial charge in [-0.2, -0.15) is 14.9 Å². The van der Waals surface area contributed by atoms with Gasteiger partial charge in [0.05, 0.1) is 0 Å². The highest BCUT2D eigenvalue weighted by molar-refractivity contribution is 7.16. The fourth-order valence-electron chi connectivity index (χ4n) is 2.42. The average molecular weight is 310 g/mol. The van der Waals surface area contributed by atoms with E-state index in [9.17, 15) is 5.26 Å². The van der Waals surface area contributed by atoms with E-state index in [1.807, 2.05) is 19.1 Å². The van der Waals surface area contributed by atoms with Crippen molar-refractivity contribution in [3.63, 3.8) is 0 Å². The number of aryl methyl sites for hydroxylation is 2. The predicted molar refractivity (Wildman–Crippen MR) is 89.2 cm³/mol. The minimum atomic E-state index is -0.0436. The number of fused-ring (bicyclic) bond motifs is 1. The second kappa shape index (κ2) is 4.92. The molecule has 0 saturated heterocycles. The van der Waals surface area contributed by atoms with Gasteiger partial charge >= 0.3 is 0 Å². The summed E-state index contributed by atoms with van der Waals surface area (Å²) in [6.45, 7) is 10.4. The molecule has 0 aliphatic carbocycles. The Bertz CT molecular complexity index is 903. The van der Waals surface area contributed by atoms with Crippen LogP contribution in [-0.2, 0) is 5.41 Å². The maximum absolute atomic E-state index is 9.58. The average Bonchev–Trinajstić information content (AvgIpc) is 2.95. The Balaban J connectivity index is 2.24. The number of benzene rings is 1. The number of nitrogens with zero attached hydrogens (tertiary/aromatic N) is 4. The molecule has 0 unspecified atom stereocenters. The molecule has 0 aliphatic rings. The molecule has 1 aromatic carbocycles. The maximum Gasteiger partial charge on any atom is 0.214 e. The van der Waals surface area contributed by atoms with Gasteiger partial charge in [0.2, 0.25) is 4.96 Å². The number of aromatic nitrogens is 3. The van der Waals surface area contributed by atoms with Gasteiger partial charge in [0.1, 0.15) is 16.8 Å². The summed E-state index contributed by atoms with van der Waals surface area (Å²) in [6, 6.07) is 8.45. The first-order valence-corrected chi connectivity index (χ1v) is 8.00. The molecule has 0 atom stereocenters. The van der Waals surface area contributed by atoms with Crippen LogP contribution in [0.1, 0.15) is 42.6 Å². The molecule has 112 valence electrons. The Labute approximate surface area is 134 Å². The van der Waals surface area contributed by atoms with E-state index in [-0.39, 0.29) is 5.41 Å². The minimum absolute atomic E-state index is 0.0436. The van der Waals surface area contributed by atoms with Crippen LogP contribution >= 0.6 is 11.3 Å². The van der Waals surface area contributed by atoms with E-state index in [2.05, 4.69) is 49.9 Å². The lowest BCUT2D eigenvalue weighted by Gasteiger charge is -2.12. The van der Waals surface area contributed by atoms with Crippen LogP contribution in [0.3, 0.4) is 0 Å². The minimum Gasteiger partial charge on any atom is -0.216 e. The van der Waals surface area contributed by atoms with Crippen LogP contribution in [0.2, 0.25) is 0 Å². The zero-order chi connectivity index (χ0) is 16.1. The van der Waals surface area contributed by atoms with E-state index >= 15 is 0 Å². The Morgan fingerprint density at radius 1 is 1.23 bits per heavy atom. The van der Waals surface area contributed by atoms with Gasteiger partial charge in [-0.15, -0.1) is 0 Å². The lowest BCUT2D eigenvalue weighted by Crippen LogP contribution is -2.11. The van der Waals surface area contributed by atoms with E-state index in [0.29, 0.717) is 5.69 Å². The quantitative estimate of drug-likeness (QED) is 0.675. The summed E-state index contributed by atoms with van der Waals surface area (Å²) in [6.07, 6.45) is 0. The highest BCUT2D eigenvalue weighted by atomic mass is 32.1. The van der Waals surface area contributed by atoms with Gasteiger partial charge in [-0.3, -0.25) is 0 Å². The molecule has 0 spiro atoms. The fraction of sp³-hybridized carbons (Fsp3) is 0.353. The van der Waals surface area contributed by atoms with E-state index < -0.39 is 0 Å². The zero-order valence-corrected chi connectivity index (χ0v) is 14.2. The summed E-state index contributed by atoms with van der Waals surface area (Å²) in [7, 11) is 0. The van der Waals surface area contributed by atoms with Gasteiger partial charge in [-0.1, -0.05) is 55.9 Å². The largest absolute Gasteiger partial charge is 0.216 e. The molecule has 0 radical (unpaired) electrons. The molecule has 0 amide bonds. The van der Waals surface area contributed by atoms with Crippen molar-refractivity contribution in [2.75, 3.05) is 0 Å². The summed E-state index contributed by atoms with van der Waals surface area (Å²) in [5, 5.41) is 15.2. The molecular formula is C17H18N4S. The standard InChI is InChI=1S/C17H18N4S/c1-10-6-7-12(11(2)8-10)14-13(9-18)21-16(19-14)22-15(20-21)17(3,4)5/h6-8H,1-5H3. The van der Waals surface area contributed by atoms with Crippen LogP contribution in [0, 0.1) is 25.2 Å². The molecule has 0 N–H and O–H groups in total. The first-order valence-electron chi connectivity index (χ1n) is 7.19. The molecule has 3 aromatic rings. The molecule has 4 nitrogen and oxygen atoms in total. The number of hydrogen-bond donors (Lipinski definition) is 0. The Hall–Kier alpha value is -2.19. The first-order chi connectivity index (χ1) is 10.3. The van der Waals surface area contributed by atoms with Gasteiger partial charge in [-0.25, -0.2) is 4.98 Å². The van der Waals surface area contributed by atoms with E-state index in [4.69, 9.17) is 0 Å². The molecule has 3 rings (SSSR count). The van der Waals surface area contributed by atoms with Crippen LogP contribution < -0.4 is 0 Å². The second-order valence-electron chi connectivity index (χ2n) is 6.59. The van der Waals surface area contributed by atoms with Crippen molar-refractivity contribution in [3.05, 3.63) is 40.0 Å². The summed E-state index contributed by atoms with van der Waals surface area (Å²) in [4.78, 5) is 5.45. The Morgan fingerprint density at radius 2 is 1.95 bits per heavy atom. The summed E-state index contributed by atoms with van der Waals surface area (Å²) < 4.78 is 1.68. The van der Waals surface area contributed by atoms with E-state index in [0.717, 1.165) is 26.8 Å². The van der Waals surface area contributed by atoms with Crippen molar-refractivity contribution >= 4 is 16.3 Å². The van der Waals surface area contributed by atoms with Crippen molar-refractivity contribution in [1.82, 2.24) is 14.6 Å². The van der Waals surface area contributed by atoms with Crippen molar-refractivity contribution in [2.45, 2.75) is 40.0 Å². The smallest absolute Gasteiger partial charge is 0.214 e. The molecular weight excluding hydrogens is 292 g/mol. The molecule has 22 heavy (non-hydrogen) atoms. The molecule has 0 bridgehead atoms. The Kier molecular flexibility index (Phi) is 3.30. The van der Waals surface area contributed by atoms with Gasteiger partial charge in [-0.05, 0) is 19.4 Å². The van der Waals surface area contributed by atoms with Gasteiger partial charge in [0.25, 0.3) is 0 Å². The topological polar surface area (TPSA) is 54.0 Å². The Morgan fingerprint density at radius 3 is 2.55 bits per heavy atom. The summed E-state index contributed by atoms with van der Waals surface area (Å²) >= 11 is 1.55. The van der Waals surface area contributed by atoms with E-state index in [1.165, 1.54) is 5.56 Å². The van der Waals surface area contributed by atoms with Crippen LogP contribution in [0.5, 0.6) is 0 Å².